The Bertz CT molecular complexity index is 198. The molecule has 0 aliphatic carbocycles. The first-order valence-electron chi connectivity index (χ1n) is 3.83. The number of morpholine rings is 1. The molecule has 13 heavy (non-hydrogen) atoms. The van der Waals surface area contributed by atoms with Crippen LogP contribution in [0.1, 0.15) is 6.92 Å². The van der Waals surface area contributed by atoms with E-state index in [1.807, 2.05) is 5.32 Å². The molecule has 0 atom stereocenters. The van der Waals surface area contributed by atoms with Gasteiger partial charge in [0.15, 0.2) is 0 Å². The summed E-state index contributed by atoms with van der Waals surface area (Å²) in [6, 6.07) is 0. The summed E-state index contributed by atoms with van der Waals surface area (Å²) in [4.78, 5) is 0. The molecule has 6 heteroatoms. The van der Waals surface area contributed by atoms with Crippen LogP contribution in [0.15, 0.2) is 0 Å². The van der Waals surface area contributed by atoms with Crippen LogP contribution in [0, 0.1) is 0 Å². The minimum atomic E-state index is -4.09. The molecule has 0 saturated carbocycles. The summed E-state index contributed by atoms with van der Waals surface area (Å²) in [6.07, 6.45) is -4.38. The Kier molecular flexibility index (Phi) is 2.63. The SMILES string of the molecule is C[C](=[Cf][N]1CCOCC1)C(F)(F)F. The number of nitrogens with zero attached hydrogens (tertiary/aromatic N) is 1. The van der Waals surface area contributed by atoms with Crippen molar-refractivity contribution in [1.82, 2.24) is 5.32 Å². The van der Waals surface area contributed by atoms with Gasteiger partial charge < -0.3 is 0 Å². The van der Waals surface area contributed by atoms with Crippen LogP contribution in [0.25, 0.3) is 0 Å². The standard InChI is InChI=1S/C4H8NO.C3H3F3.Cf/c1-3-6-4-2-5-1;1-2-3(4,5)6;/h1-4H2;1H3;/q-1;;+1. The second kappa shape index (κ2) is 3.53. The van der Waals surface area contributed by atoms with Crippen molar-refractivity contribution in [3.8, 4) is 0 Å². The molecule has 0 radical (unpaired) electrons. The van der Waals surface area contributed by atoms with E-state index < -0.39 is 6.18 Å². The zero-order chi connectivity index (χ0) is 9.90. The predicted octanol–water partition coefficient (Wildman–Crippen LogP) is 1.07. The Morgan fingerprint density at radius 2 is 1.85 bits per heavy atom. The van der Waals surface area contributed by atoms with Gasteiger partial charge in [0, 0.05) is 0 Å². The molecule has 1 fully saturated rings. The van der Waals surface area contributed by atoms with E-state index in [1.165, 1.54) is 6.92 Å². The summed E-state index contributed by atoms with van der Waals surface area (Å²) in [6.45, 7) is 3.65. The van der Waals surface area contributed by atoms with E-state index in [1.54, 1.807) is 0 Å². The van der Waals surface area contributed by atoms with Gasteiger partial charge in [0.1, 0.15) is 0 Å². The summed E-state index contributed by atoms with van der Waals surface area (Å²) in [7, 11) is 0. The van der Waals surface area contributed by atoms with E-state index in [9.17, 15) is 13.2 Å². The van der Waals surface area contributed by atoms with Gasteiger partial charge in [0.05, 0.1) is 0 Å². The van der Waals surface area contributed by atoms with Crippen LogP contribution in [0.3, 0.4) is 0 Å². The average molecular weight is 433 g/mol. The zero-order valence-corrected chi connectivity index (χ0v) is 9.77. The monoisotopic (exact) mass is 431 g/mol. The van der Waals surface area contributed by atoms with Gasteiger partial charge in [-0.1, -0.05) is 0 Å². The molecule has 2 nitrogen and oxygen atoms in total. The van der Waals surface area contributed by atoms with Crippen molar-refractivity contribution in [2.24, 2.45) is 0 Å². The first-order chi connectivity index (χ1) is 6.00. The molecule has 0 unspecified atom stereocenters. The molecule has 0 N–H and O–H groups in total. The van der Waals surface area contributed by atoms with Crippen molar-refractivity contribution in [2.45, 2.75) is 13.1 Å². The van der Waals surface area contributed by atoms with Crippen LogP contribution in [-0.4, -0.2) is 44.2 Å². The number of hydrogen-bond acceptors (Lipinski definition) is 2. The molecule has 1 aliphatic heterocycles. The quantitative estimate of drug-likeness (QED) is 0.614. The fraction of sp³-hybridized carbons (Fsp3) is 0.857. The van der Waals surface area contributed by atoms with Crippen LogP contribution < -0.4 is 0 Å². The van der Waals surface area contributed by atoms with Crippen molar-refractivity contribution < 1.29 is 17.9 Å². The van der Waals surface area contributed by atoms with Gasteiger partial charge in [-0.3, -0.25) is 0 Å². The molecular weight excluding hydrogens is 422 g/mol. The number of alkyl halides is 3. The summed E-state index contributed by atoms with van der Waals surface area (Å²) in [5.74, 6) is 0. The van der Waals surface area contributed by atoms with Crippen LogP contribution in [0.2, 0.25) is 0 Å². The van der Waals surface area contributed by atoms with Gasteiger partial charge in [-0.15, -0.1) is 0 Å². The van der Waals surface area contributed by atoms with Gasteiger partial charge in [-0.05, 0) is 0 Å². The van der Waals surface area contributed by atoms with E-state index in [2.05, 4.69) is 0 Å². The third-order valence-corrected chi connectivity index (χ3v) is 5.15. The van der Waals surface area contributed by atoms with E-state index in [0.29, 0.717) is 26.3 Å². The molecule has 0 spiro atoms. The van der Waals surface area contributed by atoms with Gasteiger partial charge >= 0.3 is 69.0 Å². The van der Waals surface area contributed by atoms with Gasteiger partial charge in [-0.2, -0.15) is 0 Å². The fourth-order valence-corrected chi connectivity index (χ4v) is 3.44. The molecule has 0 amide bonds. The summed E-state index contributed by atoms with van der Waals surface area (Å²) in [5, 5.41) is 1.90. The average Bonchev–Trinajstić information content (AvgIpc) is 2.04. The minimum absolute atomic E-state index is 0.288. The summed E-state index contributed by atoms with van der Waals surface area (Å²) >= 11 is 0. The first-order valence-corrected chi connectivity index (χ1v) is 6.32. The molecule has 1 rings (SSSR count). The van der Waals surface area contributed by atoms with Crippen molar-refractivity contribution in [2.75, 3.05) is 26.3 Å². The molecule has 0 aromatic carbocycles. The Labute approximate surface area is 70.1 Å². The third-order valence-electron chi connectivity index (χ3n) is 1.51. The number of ether oxygens (including phenoxy) is 1. The van der Waals surface area contributed by atoms with E-state index in [0.717, 1.165) is 0 Å². The van der Waals surface area contributed by atoms with Gasteiger partial charge in [-0.25, -0.2) is 0 Å². The molecular formula is C7H11CfF3NO. The van der Waals surface area contributed by atoms with Crippen molar-refractivity contribution in [3.63, 3.8) is 0 Å². The van der Waals surface area contributed by atoms with Crippen LogP contribution in [0.5, 0.6) is 0 Å². The molecule has 0 aromatic rings. The normalized spacial score (nSPS) is 21.4. The van der Waals surface area contributed by atoms with Gasteiger partial charge in [0.2, 0.25) is 0 Å². The molecule has 0 aromatic heterocycles. The van der Waals surface area contributed by atoms with Crippen LogP contribution in [0.4, 0.5) is 13.2 Å². The van der Waals surface area contributed by atoms with E-state index in [-0.39, 0.29) is 6.42 Å². The summed E-state index contributed by atoms with van der Waals surface area (Å²) in [5.41, 5.74) is 0. The predicted molar refractivity (Wildman–Crippen MR) is 39.1 cm³/mol. The second-order valence-corrected chi connectivity index (χ2v) is 6.77. The number of rotatable bonds is 1. The topological polar surface area (TPSA) is 12.5 Å². The first kappa shape index (κ1) is 9.67. The number of hydrogen-bond donors (Lipinski definition) is 0. The van der Waals surface area contributed by atoms with Gasteiger partial charge in [0.25, 0.3) is 0 Å². The Balaban J connectivity index is 2.53. The van der Waals surface area contributed by atoms with Crippen LogP contribution >= 0.6 is 0 Å². The second-order valence-electron chi connectivity index (χ2n) is 2.54. The third kappa shape index (κ3) is 2.83. The van der Waals surface area contributed by atoms with Crippen molar-refractivity contribution >= 4 is 6.42 Å². The summed E-state index contributed by atoms with van der Waals surface area (Å²) < 4.78 is 40.1. The van der Waals surface area contributed by atoms with E-state index in [4.69, 9.17) is 4.74 Å². The Morgan fingerprint density at radius 1 is 1.31 bits per heavy atom. The zero-order valence-electron chi connectivity index (χ0n) is 7.13. The molecule has 81 valence electrons. The maximum atomic E-state index is 12.1. The van der Waals surface area contributed by atoms with Crippen molar-refractivity contribution in [1.29, 1.82) is 0 Å². The number of halogens is 3. The maximum absolute atomic E-state index is 12.1. The Morgan fingerprint density at radius 3 is 2.31 bits per heavy atom. The Hall–Kier alpha value is -1.42. The van der Waals surface area contributed by atoms with Crippen molar-refractivity contribution in [3.05, 3.63) is 0 Å². The molecule has 1 saturated heterocycles. The van der Waals surface area contributed by atoms with E-state index >= 15 is 0 Å². The molecule has 1 aliphatic rings. The van der Waals surface area contributed by atoms with Crippen LogP contribution in [-0.2, 0) is 4.74 Å². The molecule has 0 bridgehead atoms. The fourth-order valence-electron chi connectivity index (χ4n) is 0.791. The molecule has 1 heterocycles.